The number of hydrogen-bond acceptors (Lipinski definition) is 3. The van der Waals surface area contributed by atoms with Crippen LogP contribution >= 0.6 is 0 Å². The Morgan fingerprint density at radius 3 is 2.48 bits per heavy atom. The van der Waals surface area contributed by atoms with Crippen molar-refractivity contribution in [3.63, 3.8) is 0 Å². The van der Waals surface area contributed by atoms with Crippen LogP contribution in [0.3, 0.4) is 0 Å². The number of carbonyl (C=O) groups is 2. The molecule has 4 rings (SSSR count). The van der Waals surface area contributed by atoms with Gasteiger partial charge in [0.25, 0.3) is 0 Å². The quantitative estimate of drug-likeness (QED) is 0.901. The minimum absolute atomic E-state index is 0.0428. The zero-order valence-corrected chi connectivity index (χ0v) is 15.7. The maximum absolute atomic E-state index is 12.7. The summed E-state index contributed by atoms with van der Waals surface area (Å²) in [5.41, 5.74) is 1.41. The van der Waals surface area contributed by atoms with Crippen molar-refractivity contribution in [2.45, 2.75) is 37.6 Å². The number of piperidine rings is 1. The van der Waals surface area contributed by atoms with E-state index in [0.29, 0.717) is 5.92 Å². The highest BCUT2D eigenvalue weighted by atomic mass is 16.5. The molecule has 1 aliphatic heterocycles. The zero-order valence-electron chi connectivity index (χ0n) is 15.7. The van der Waals surface area contributed by atoms with Gasteiger partial charge in [-0.3, -0.25) is 4.79 Å². The second-order valence-corrected chi connectivity index (χ2v) is 7.67. The summed E-state index contributed by atoms with van der Waals surface area (Å²) in [6, 6.07) is 15.1. The van der Waals surface area contributed by atoms with Crippen LogP contribution in [0.15, 0.2) is 42.5 Å². The normalized spacial score (nSPS) is 22.9. The molecule has 2 fully saturated rings. The summed E-state index contributed by atoms with van der Waals surface area (Å²) >= 11 is 0. The van der Waals surface area contributed by atoms with Crippen LogP contribution in [0.25, 0.3) is 10.8 Å². The van der Waals surface area contributed by atoms with Crippen LogP contribution in [0.5, 0.6) is 0 Å². The number of methoxy groups -OCH3 is 1. The first-order valence-corrected chi connectivity index (χ1v) is 9.76. The molecule has 5 nitrogen and oxygen atoms in total. The predicted molar refractivity (Wildman–Crippen MR) is 105 cm³/mol. The Kier molecular flexibility index (Phi) is 5.01. The number of nitrogens with zero attached hydrogens (tertiary/aromatic N) is 1. The first kappa shape index (κ1) is 17.8. The van der Waals surface area contributed by atoms with E-state index in [4.69, 9.17) is 0 Å². The SMILES string of the molecule is COC(=O)NC1CC(C(=O)N2CCC(c3cccc4ccccc34)CC2)C1. The number of ether oxygens (including phenoxy) is 1. The molecule has 2 aromatic carbocycles. The lowest BCUT2D eigenvalue weighted by molar-refractivity contribution is -0.140. The van der Waals surface area contributed by atoms with Gasteiger partial charge in [-0.1, -0.05) is 42.5 Å². The molecule has 1 saturated carbocycles. The summed E-state index contributed by atoms with van der Waals surface area (Å²) in [7, 11) is 1.36. The Bertz CT molecular complexity index is 831. The van der Waals surface area contributed by atoms with Crippen molar-refractivity contribution in [1.29, 1.82) is 0 Å². The highest BCUT2D eigenvalue weighted by Gasteiger charge is 2.38. The Morgan fingerprint density at radius 1 is 1.04 bits per heavy atom. The fourth-order valence-corrected chi connectivity index (χ4v) is 4.44. The van der Waals surface area contributed by atoms with E-state index in [1.165, 1.54) is 23.4 Å². The van der Waals surface area contributed by atoms with Gasteiger partial charge in [-0.2, -0.15) is 0 Å². The van der Waals surface area contributed by atoms with Crippen molar-refractivity contribution < 1.29 is 14.3 Å². The molecule has 2 aromatic rings. The third kappa shape index (κ3) is 3.64. The van der Waals surface area contributed by atoms with Crippen molar-refractivity contribution in [3.05, 3.63) is 48.0 Å². The van der Waals surface area contributed by atoms with Gasteiger partial charge in [-0.05, 0) is 47.9 Å². The predicted octanol–water partition coefficient (Wildman–Crippen LogP) is 3.68. The van der Waals surface area contributed by atoms with Gasteiger partial charge in [0.05, 0.1) is 7.11 Å². The van der Waals surface area contributed by atoms with Gasteiger partial charge in [0.1, 0.15) is 0 Å². The van der Waals surface area contributed by atoms with Gasteiger partial charge in [0, 0.05) is 25.0 Å². The number of likely N-dealkylation sites (tertiary alicyclic amines) is 1. The van der Waals surface area contributed by atoms with Crippen molar-refractivity contribution in [1.82, 2.24) is 10.2 Å². The molecule has 1 aliphatic carbocycles. The molecule has 0 aromatic heterocycles. The van der Waals surface area contributed by atoms with Crippen LogP contribution in [0, 0.1) is 5.92 Å². The number of hydrogen-bond donors (Lipinski definition) is 1. The summed E-state index contributed by atoms with van der Waals surface area (Å²) in [6.45, 7) is 1.64. The minimum Gasteiger partial charge on any atom is -0.453 e. The zero-order chi connectivity index (χ0) is 18.8. The highest BCUT2D eigenvalue weighted by molar-refractivity contribution is 5.86. The first-order chi connectivity index (χ1) is 13.2. The molecule has 2 aliphatic rings. The molecular formula is C22H26N2O3. The van der Waals surface area contributed by atoms with Gasteiger partial charge in [-0.25, -0.2) is 4.79 Å². The Balaban J connectivity index is 1.33. The molecule has 1 N–H and O–H groups in total. The average molecular weight is 366 g/mol. The molecule has 1 heterocycles. The van der Waals surface area contributed by atoms with Gasteiger partial charge >= 0.3 is 6.09 Å². The van der Waals surface area contributed by atoms with Crippen LogP contribution in [-0.2, 0) is 9.53 Å². The Hall–Kier alpha value is -2.56. The molecule has 142 valence electrons. The largest absolute Gasteiger partial charge is 0.453 e. The van der Waals surface area contributed by atoms with E-state index in [1.807, 2.05) is 4.90 Å². The standard InChI is InChI=1S/C22H26N2O3/c1-27-22(26)23-18-13-17(14-18)21(25)24-11-9-16(10-12-24)20-8-4-6-15-5-2-3-7-19(15)20/h2-8,16-18H,9-14H2,1H3,(H,23,26). The third-order valence-electron chi connectivity index (χ3n) is 6.06. The topological polar surface area (TPSA) is 58.6 Å². The molecule has 2 amide bonds. The van der Waals surface area contributed by atoms with E-state index in [0.717, 1.165) is 38.8 Å². The molecule has 0 bridgehead atoms. The highest BCUT2D eigenvalue weighted by Crippen LogP contribution is 2.35. The van der Waals surface area contributed by atoms with E-state index >= 15 is 0 Å². The van der Waals surface area contributed by atoms with Crippen LogP contribution < -0.4 is 5.32 Å². The van der Waals surface area contributed by atoms with Crippen LogP contribution in [0.4, 0.5) is 4.79 Å². The van der Waals surface area contributed by atoms with E-state index in [9.17, 15) is 9.59 Å². The average Bonchev–Trinajstić information content (AvgIpc) is 2.69. The Morgan fingerprint density at radius 2 is 1.74 bits per heavy atom. The fraction of sp³-hybridized carbons (Fsp3) is 0.455. The molecular weight excluding hydrogens is 340 g/mol. The van der Waals surface area contributed by atoms with E-state index in [1.54, 1.807) is 0 Å². The number of carbonyl (C=O) groups excluding carboxylic acids is 2. The summed E-state index contributed by atoms with van der Waals surface area (Å²) in [6.07, 6.45) is 3.04. The molecule has 0 spiro atoms. The smallest absolute Gasteiger partial charge is 0.407 e. The number of nitrogens with one attached hydrogen (secondary N) is 1. The fourth-order valence-electron chi connectivity index (χ4n) is 4.44. The van der Waals surface area contributed by atoms with Crippen molar-refractivity contribution in [3.8, 4) is 0 Å². The van der Waals surface area contributed by atoms with Crippen molar-refractivity contribution in [2.24, 2.45) is 5.92 Å². The second-order valence-electron chi connectivity index (χ2n) is 7.67. The van der Waals surface area contributed by atoms with Crippen LogP contribution in [-0.4, -0.2) is 43.1 Å². The molecule has 0 radical (unpaired) electrons. The van der Waals surface area contributed by atoms with E-state index in [-0.39, 0.29) is 17.9 Å². The monoisotopic (exact) mass is 366 g/mol. The van der Waals surface area contributed by atoms with Crippen molar-refractivity contribution in [2.75, 3.05) is 20.2 Å². The molecule has 0 atom stereocenters. The second kappa shape index (κ2) is 7.59. The molecule has 0 unspecified atom stereocenters. The molecule has 27 heavy (non-hydrogen) atoms. The number of rotatable bonds is 3. The van der Waals surface area contributed by atoms with E-state index < -0.39 is 6.09 Å². The Labute approximate surface area is 159 Å². The van der Waals surface area contributed by atoms with Crippen LogP contribution in [0.1, 0.15) is 37.2 Å². The lowest BCUT2D eigenvalue weighted by Gasteiger charge is -2.40. The maximum atomic E-state index is 12.7. The minimum atomic E-state index is -0.415. The first-order valence-electron chi connectivity index (χ1n) is 9.76. The summed E-state index contributed by atoms with van der Waals surface area (Å²) in [4.78, 5) is 26.0. The van der Waals surface area contributed by atoms with Gasteiger partial charge in [-0.15, -0.1) is 0 Å². The molecule has 1 saturated heterocycles. The summed E-state index contributed by atoms with van der Waals surface area (Å²) < 4.78 is 4.61. The summed E-state index contributed by atoms with van der Waals surface area (Å²) in [5, 5.41) is 5.39. The third-order valence-corrected chi connectivity index (χ3v) is 6.06. The lowest BCUT2D eigenvalue weighted by atomic mass is 9.78. The van der Waals surface area contributed by atoms with Gasteiger partial charge < -0.3 is 15.0 Å². The number of alkyl carbamates (subject to hydrolysis) is 1. The van der Waals surface area contributed by atoms with Crippen LogP contribution in [0.2, 0.25) is 0 Å². The number of fused-ring (bicyclic) bond motifs is 1. The van der Waals surface area contributed by atoms with Gasteiger partial charge in [0.15, 0.2) is 0 Å². The van der Waals surface area contributed by atoms with E-state index in [2.05, 4.69) is 52.5 Å². The molecule has 5 heteroatoms. The lowest BCUT2D eigenvalue weighted by Crippen LogP contribution is -2.51. The number of benzene rings is 2. The number of amides is 2. The maximum Gasteiger partial charge on any atom is 0.407 e. The summed E-state index contributed by atoms with van der Waals surface area (Å²) in [5.74, 6) is 0.797. The van der Waals surface area contributed by atoms with Crippen molar-refractivity contribution >= 4 is 22.8 Å². The van der Waals surface area contributed by atoms with Gasteiger partial charge in [0.2, 0.25) is 5.91 Å².